The van der Waals surface area contributed by atoms with Crippen molar-refractivity contribution >= 4 is 17.4 Å². The lowest BCUT2D eigenvalue weighted by Gasteiger charge is -2.13. The summed E-state index contributed by atoms with van der Waals surface area (Å²) in [5, 5.41) is 10.2. The van der Waals surface area contributed by atoms with Crippen LogP contribution in [0, 0.1) is 0 Å². The second kappa shape index (κ2) is 9.82. The molecule has 4 heteroatoms. The van der Waals surface area contributed by atoms with Crippen molar-refractivity contribution in [2.75, 3.05) is 19.0 Å². The summed E-state index contributed by atoms with van der Waals surface area (Å²) in [5.74, 6) is 0.886. The van der Waals surface area contributed by atoms with E-state index in [-0.39, 0.29) is 6.61 Å². The lowest BCUT2D eigenvalue weighted by Crippen LogP contribution is -2.07. The number of aliphatic hydroxyl groups is 1. The Bertz CT molecular complexity index is 1100. The first-order chi connectivity index (χ1) is 15.1. The van der Waals surface area contributed by atoms with Crippen LogP contribution < -0.4 is 4.90 Å². The molecule has 31 heavy (non-hydrogen) atoms. The van der Waals surface area contributed by atoms with Gasteiger partial charge in [-0.1, -0.05) is 66.7 Å². The van der Waals surface area contributed by atoms with Crippen LogP contribution in [0.4, 0.5) is 5.69 Å². The minimum atomic E-state index is 0.0673. The van der Waals surface area contributed by atoms with Crippen molar-refractivity contribution < 1.29 is 5.11 Å². The molecule has 0 bridgehead atoms. The number of anilines is 1. The maximum absolute atomic E-state index is 9.17. The second-order valence-corrected chi connectivity index (χ2v) is 8.66. The van der Waals surface area contributed by atoms with Gasteiger partial charge in [-0.3, -0.25) is 0 Å². The minimum Gasteiger partial charge on any atom is -0.392 e. The predicted molar refractivity (Wildman–Crippen MR) is 131 cm³/mol. The van der Waals surface area contributed by atoms with Gasteiger partial charge in [0.15, 0.2) is 0 Å². The quantitative estimate of drug-likeness (QED) is 0.354. The predicted octanol–water partition coefficient (Wildman–Crippen LogP) is 6.27. The monoisotopic (exact) mass is 426 g/mol. The Labute approximate surface area is 188 Å². The Morgan fingerprint density at radius 3 is 1.71 bits per heavy atom. The van der Waals surface area contributed by atoms with E-state index in [1.807, 2.05) is 30.5 Å². The van der Waals surface area contributed by atoms with E-state index in [1.54, 1.807) is 11.8 Å². The van der Waals surface area contributed by atoms with Gasteiger partial charge in [0.1, 0.15) is 0 Å². The highest BCUT2D eigenvalue weighted by Crippen LogP contribution is 2.27. The van der Waals surface area contributed by atoms with Crippen molar-refractivity contribution in [2.24, 2.45) is 0 Å². The fraction of sp³-hybridized carbons (Fsp3) is 0.148. The number of pyridine rings is 1. The van der Waals surface area contributed by atoms with Crippen LogP contribution in [0.25, 0.3) is 22.3 Å². The molecule has 0 fully saturated rings. The van der Waals surface area contributed by atoms with Gasteiger partial charge in [-0.15, -0.1) is 11.8 Å². The van der Waals surface area contributed by atoms with Crippen LogP contribution in [0.1, 0.15) is 11.1 Å². The zero-order valence-electron chi connectivity index (χ0n) is 17.8. The van der Waals surface area contributed by atoms with E-state index in [1.165, 1.54) is 22.4 Å². The number of nitrogens with zero attached hydrogens (tertiary/aromatic N) is 2. The lowest BCUT2D eigenvalue weighted by molar-refractivity contribution is 0.282. The molecule has 0 saturated heterocycles. The van der Waals surface area contributed by atoms with Gasteiger partial charge in [-0.25, -0.2) is 4.98 Å². The topological polar surface area (TPSA) is 36.4 Å². The first-order valence-corrected chi connectivity index (χ1v) is 11.3. The summed E-state index contributed by atoms with van der Waals surface area (Å²) in [5.41, 5.74) is 8.05. The molecular weight excluding hydrogens is 400 g/mol. The number of aromatic nitrogens is 1. The van der Waals surface area contributed by atoms with Gasteiger partial charge in [0.2, 0.25) is 0 Å². The molecular formula is C27H26N2OS. The van der Waals surface area contributed by atoms with Crippen molar-refractivity contribution in [1.82, 2.24) is 4.98 Å². The van der Waals surface area contributed by atoms with Crippen LogP contribution in [0.3, 0.4) is 0 Å². The minimum absolute atomic E-state index is 0.0673. The van der Waals surface area contributed by atoms with Gasteiger partial charge in [0.05, 0.1) is 11.6 Å². The normalized spacial score (nSPS) is 10.8. The van der Waals surface area contributed by atoms with Crippen molar-refractivity contribution in [1.29, 1.82) is 0 Å². The molecule has 4 aromatic rings. The number of hydrogen-bond donors (Lipinski definition) is 1. The van der Waals surface area contributed by atoms with Crippen molar-refractivity contribution in [3.8, 4) is 22.3 Å². The number of aliphatic hydroxyl groups excluding tert-OH is 1. The van der Waals surface area contributed by atoms with E-state index in [0.717, 1.165) is 27.5 Å². The van der Waals surface area contributed by atoms with Crippen LogP contribution in [-0.4, -0.2) is 24.2 Å². The van der Waals surface area contributed by atoms with Crippen LogP contribution in [0.2, 0.25) is 0 Å². The molecule has 0 aliphatic heterocycles. The molecule has 0 unspecified atom stereocenters. The molecule has 3 nitrogen and oxygen atoms in total. The molecule has 1 aromatic heterocycles. The zero-order valence-corrected chi connectivity index (χ0v) is 18.6. The molecule has 0 aliphatic rings. The molecule has 0 spiro atoms. The van der Waals surface area contributed by atoms with E-state index in [4.69, 9.17) is 0 Å². The summed E-state index contributed by atoms with van der Waals surface area (Å²) >= 11 is 1.74. The Hall–Kier alpha value is -3.08. The largest absolute Gasteiger partial charge is 0.392 e. The molecule has 156 valence electrons. The molecule has 0 atom stereocenters. The van der Waals surface area contributed by atoms with Crippen molar-refractivity contribution in [3.63, 3.8) is 0 Å². The van der Waals surface area contributed by atoms with Gasteiger partial charge in [0, 0.05) is 37.3 Å². The fourth-order valence-corrected chi connectivity index (χ4v) is 4.14. The number of thioether (sulfide) groups is 1. The Kier molecular flexibility index (Phi) is 6.70. The fourth-order valence-electron chi connectivity index (χ4n) is 3.34. The number of rotatable bonds is 7. The third-order valence-electron chi connectivity index (χ3n) is 5.26. The van der Waals surface area contributed by atoms with Gasteiger partial charge < -0.3 is 10.0 Å². The average molecular weight is 427 g/mol. The number of hydrogen-bond acceptors (Lipinski definition) is 4. The summed E-state index contributed by atoms with van der Waals surface area (Å²) in [6.45, 7) is 0.0673. The highest BCUT2D eigenvalue weighted by molar-refractivity contribution is 7.98. The van der Waals surface area contributed by atoms with Crippen molar-refractivity contribution in [2.45, 2.75) is 17.4 Å². The van der Waals surface area contributed by atoms with E-state index in [0.29, 0.717) is 0 Å². The summed E-state index contributed by atoms with van der Waals surface area (Å²) in [6.07, 6.45) is 1.91. The molecule has 4 rings (SSSR count). The second-order valence-electron chi connectivity index (χ2n) is 7.67. The molecule has 0 amide bonds. The van der Waals surface area contributed by atoms with Gasteiger partial charge in [-0.2, -0.15) is 0 Å². The maximum Gasteiger partial charge on any atom is 0.0963 e. The molecule has 3 aromatic carbocycles. The van der Waals surface area contributed by atoms with Gasteiger partial charge in [0.25, 0.3) is 0 Å². The third-order valence-corrected chi connectivity index (χ3v) is 6.28. The van der Waals surface area contributed by atoms with Crippen LogP contribution in [0.15, 0.2) is 96.2 Å². The van der Waals surface area contributed by atoms with Gasteiger partial charge in [-0.05, 0) is 46.0 Å². The van der Waals surface area contributed by atoms with E-state index in [9.17, 15) is 5.11 Å². The van der Waals surface area contributed by atoms with Crippen LogP contribution in [-0.2, 0) is 12.4 Å². The average Bonchev–Trinajstić information content (AvgIpc) is 2.83. The molecule has 0 aliphatic carbocycles. The SMILES string of the molecule is CN(C)c1ccc(-c2ccc(CSc3ccc(-c4ccc(CO)cc4)cn3)cc2)cc1. The van der Waals surface area contributed by atoms with E-state index < -0.39 is 0 Å². The molecule has 1 heterocycles. The highest BCUT2D eigenvalue weighted by Gasteiger charge is 2.03. The third kappa shape index (κ3) is 5.35. The van der Waals surface area contributed by atoms with E-state index >= 15 is 0 Å². The van der Waals surface area contributed by atoms with Crippen molar-refractivity contribution in [3.05, 3.63) is 102 Å². The summed E-state index contributed by atoms with van der Waals surface area (Å²) in [6, 6.07) is 29.5. The maximum atomic E-state index is 9.17. The molecule has 1 N–H and O–H groups in total. The summed E-state index contributed by atoms with van der Waals surface area (Å²) in [4.78, 5) is 6.72. The smallest absolute Gasteiger partial charge is 0.0963 e. The van der Waals surface area contributed by atoms with Gasteiger partial charge >= 0.3 is 0 Å². The first-order valence-electron chi connectivity index (χ1n) is 10.3. The Balaban J connectivity index is 1.36. The Morgan fingerprint density at radius 2 is 1.19 bits per heavy atom. The van der Waals surface area contributed by atoms with Crippen LogP contribution >= 0.6 is 11.8 Å². The molecule has 0 radical (unpaired) electrons. The first kappa shape index (κ1) is 21.2. The summed E-state index contributed by atoms with van der Waals surface area (Å²) in [7, 11) is 4.11. The standard InChI is InChI=1S/C27H26N2OS/c1-29(2)26-14-11-23(12-15-26)22-9-5-21(6-10-22)19-31-27-16-13-25(17-28-27)24-7-3-20(18-30)4-8-24/h3-17,30H,18-19H2,1-2H3. The Morgan fingerprint density at radius 1 is 0.677 bits per heavy atom. The zero-order chi connectivity index (χ0) is 21.6. The summed E-state index contributed by atoms with van der Waals surface area (Å²) < 4.78 is 0. The molecule has 0 saturated carbocycles. The van der Waals surface area contributed by atoms with E-state index in [2.05, 4.69) is 84.6 Å². The number of benzene rings is 3. The highest BCUT2D eigenvalue weighted by atomic mass is 32.2. The van der Waals surface area contributed by atoms with Crippen LogP contribution in [0.5, 0.6) is 0 Å². The lowest BCUT2D eigenvalue weighted by atomic mass is 10.0.